The summed E-state index contributed by atoms with van der Waals surface area (Å²) in [4.78, 5) is 10.6. The van der Waals surface area contributed by atoms with Gasteiger partial charge in [0.15, 0.2) is 5.82 Å². The predicted octanol–water partition coefficient (Wildman–Crippen LogP) is 3.34. The Bertz CT molecular complexity index is 796. The fourth-order valence-corrected chi connectivity index (χ4v) is 2.38. The van der Waals surface area contributed by atoms with E-state index >= 15 is 0 Å². The molecule has 0 saturated heterocycles. The van der Waals surface area contributed by atoms with Gasteiger partial charge in [-0.25, -0.2) is 0 Å². The normalized spacial score (nSPS) is 10.4. The maximum Gasteiger partial charge on any atom is 0.249 e. The van der Waals surface area contributed by atoms with Crippen molar-refractivity contribution in [1.82, 2.24) is 20.2 Å². The first-order valence-corrected chi connectivity index (χ1v) is 7.91. The summed E-state index contributed by atoms with van der Waals surface area (Å²) in [6.07, 6.45) is 6.15. The van der Waals surface area contributed by atoms with Crippen LogP contribution < -0.4 is 10.2 Å². The molecule has 2 aromatic heterocycles. The van der Waals surface area contributed by atoms with E-state index in [4.69, 9.17) is 11.6 Å². The average molecular weight is 341 g/mol. The second-order valence-electron chi connectivity index (χ2n) is 5.30. The van der Waals surface area contributed by atoms with Crippen molar-refractivity contribution in [3.05, 3.63) is 65.6 Å². The second-order valence-corrected chi connectivity index (χ2v) is 5.74. The Morgan fingerprint density at radius 2 is 2.00 bits per heavy atom. The number of hydrogen-bond donors (Lipinski definition) is 1. The van der Waals surface area contributed by atoms with E-state index in [1.54, 1.807) is 18.6 Å². The third-order valence-electron chi connectivity index (χ3n) is 3.50. The predicted molar refractivity (Wildman–Crippen MR) is 95.8 cm³/mol. The highest BCUT2D eigenvalue weighted by molar-refractivity contribution is 6.30. The molecule has 0 atom stereocenters. The van der Waals surface area contributed by atoms with Gasteiger partial charge in [-0.2, -0.15) is 10.1 Å². The number of pyridine rings is 1. The summed E-state index contributed by atoms with van der Waals surface area (Å²) in [6, 6.07) is 11.4. The summed E-state index contributed by atoms with van der Waals surface area (Å²) < 4.78 is 0. The van der Waals surface area contributed by atoms with Gasteiger partial charge in [-0.3, -0.25) is 4.98 Å². The number of nitrogens with zero attached hydrogens (tertiary/aromatic N) is 5. The molecule has 3 rings (SSSR count). The number of nitrogens with one attached hydrogen (secondary N) is 1. The first-order chi connectivity index (χ1) is 11.7. The van der Waals surface area contributed by atoms with Crippen molar-refractivity contribution in [3.63, 3.8) is 0 Å². The first kappa shape index (κ1) is 16.1. The molecule has 6 nitrogen and oxygen atoms in total. The van der Waals surface area contributed by atoms with Crippen molar-refractivity contribution < 1.29 is 0 Å². The minimum Gasteiger partial charge on any atom is -0.358 e. The van der Waals surface area contributed by atoms with Gasteiger partial charge >= 0.3 is 0 Å². The first-order valence-electron chi connectivity index (χ1n) is 7.53. The number of hydrogen-bond acceptors (Lipinski definition) is 6. The van der Waals surface area contributed by atoms with Crippen LogP contribution >= 0.6 is 11.6 Å². The maximum atomic E-state index is 5.98. The van der Waals surface area contributed by atoms with E-state index in [-0.39, 0.29) is 0 Å². The Morgan fingerprint density at radius 3 is 2.79 bits per heavy atom. The molecule has 24 heavy (non-hydrogen) atoms. The molecule has 1 N–H and O–H groups in total. The van der Waals surface area contributed by atoms with Crippen molar-refractivity contribution >= 4 is 29.1 Å². The number of aromatic nitrogens is 4. The average Bonchev–Trinajstić information content (AvgIpc) is 2.61. The van der Waals surface area contributed by atoms with Crippen molar-refractivity contribution in [2.24, 2.45) is 0 Å². The van der Waals surface area contributed by atoms with Gasteiger partial charge in [0.05, 0.1) is 6.20 Å². The highest BCUT2D eigenvalue weighted by Crippen LogP contribution is 2.18. The van der Waals surface area contributed by atoms with Crippen LogP contribution in [0.4, 0.5) is 17.5 Å². The zero-order valence-corrected chi connectivity index (χ0v) is 14.0. The van der Waals surface area contributed by atoms with Gasteiger partial charge < -0.3 is 10.2 Å². The van der Waals surface area contributed by atoms with Crippen LogP contribution in [0.1, 0.15) is 5.56 Å². The summed E-state index contributed by atoms with van der Waals surface area (Å²) in [5.41, 5.74) is 2.05. The van der Waals surface area contributed by atoms with Crippen molar-refractivity contribution in [1.29, 1.82) is 0 Å². The minimum absolute atomic E-state index is 0.436. The fraction of sp³-hybridized carbons (Fsp3) is 0.176. The number of benzene rings is 1. The smallest absolute Gasteiger partial charge is 0.249 e. The molecular weight excluding hydrogens is 324 g/mol. The van der Waals surface area contributed by atoms with Gasteiger partial charge in [0.2, 0.25) is 5.95 Å². The largest absolute Gasteiger partial charge is 0.358 e. The lowest BCUT2D eigenvalue weighted by Crippen LogP contribution is -2.22. The van der Waals surface area contributed by atoms with Crippen LogP contribution in [0.5, 0.6) is 0 Å². The minimum atomic E-state index is 0.436. The Morgan fingerprint density at radius 1 is 1.17 bits per heavy atom. The quantitative estimate of drug-likeness (QED) is 0.742. The Balaban J connectivity index is 1.66. The molecule has 3 aromatic rings. The molecule has 0 bridgehead atoms. The van der Waals surface area contributed by atoms with Gasteiger partial charge in [-0.15, -0.1) is 5.10 Å². The van der Waals surface area contributed by atoms with Crippen molar-refractivity contribution in [3.8, 4) is 0 Å². The van der Waals surface area contributed by atoms with Gasteiger partial charge in [0, 0.05) is 36.7 Å². The van der Waals surface area contributed by atoms with Gasteiger partial charge in [0.25, 0.3) is 0 Å². The van der Waals surface area contributed by atoms with E-state index in [1.807, 2.05) is 48.3 Å². The Kier molecular flexibility index (Phi) is 5.18. The van der Waals surface area contributed by atoms with E-state index in [0.29, 0.717) is 11.0 Å². The molecule has 0 aliphatic rings. The van der Waals surface area contributed by atoms with Crippen LogP contribution in [0.2, 0.25) is 5.02 Å². The zero-order chi connectivity index (χ0) is 16.8. The summed E-state index contributed by atoms with van der Waals surface area (Å²) in [7, 11) is 1.98. The third-order valence-corrected chi connectivity index (χ3v) is 3.74. The fourth-order valence-electron chi connectivity index (χ4n) is 2.19. The maximum absolute atomic E-state index is 5.98. The monoisotopic (exact) mass is 340 g/mol. The number of likely N-dealkylation sites (N-methyl/N-ethyl adjacent to an activating group) is 1. The topological polar surface area (TPSA) is 66.8 Å². The highest BCUT2D eigenvalue weighted by Gasteiger charge is 2.07. The van der Waals surface area contributed by atoms with Crippen LogP contribution in [0, 0.1) is 0 Å². The second kappa shape index (κ2) is 7.70. The van der Waals surface area contributed by atoms with Gasteiger partial charge in [-0.1, -0.05) is 17.7 Å². The lowest BCUT2D eigenvalue weighted by Gasteiger charge is -2.18. The van der Waals surface area contributed by atoms with E-state index < -0.39 is 0 Å². The molecular formula is C17H17ClN6. The van der Waals surface area contributed by atoms with Crippen LogP contribution in [0.3, 0.4) is 0 Å². The molecule has 0 aliphatic heterocycles. The zero-order valence-electron chi connectivity index (χ0n) is 13.2. The summed E-state index contributed by atoms with van der Waals surface area (Å²) in [5, 5.41) is 11.8. The van der Waals surface area contributed by atoms with Gasteiger partial charge in [0.1, 0.15) is 0 Å². The standard InChI is InChI=1S/C17H17ClN6/c1-24(10-7-13-5-8-19-9-6-13)16-12-20-23-17(22-16)21-15-4-2-3-14(18)11-15/h2-6,8-9,11-12H,7,10H2,1H3,(H,21,22,23). The van der Waals surface area contributed by atoms with Crippen LogP contribution in [-0.4, -0.2) is 33.8 Å². The number of rotatable bonds is 6. The SMILES string of the molecule is CN(CCc1ccncc1)c1cnnc(Nc2cccc(Cl)c2)n1. The molecule has 0 radical (unpaired) electrons. The van der Waals surface area contributed by atoms with Crippen LogP contribution in [0.25, 0.3) is 0 Å². The number of halogens is 1. The van der Waals surface area contributed by atoms with E-state index in [9.17, 15) is 0 Å². The summed E-state index contributed by atoms with van der Waals surface area (Å²) >= 11 is 5.98. The Hall–Kier alpha value is -2.73. The molecule has 7 heteroatoms. The molecule has 1 aromatic carbocycles. The van der Waals surface area contributed by atoms with E-state index in [2.05, 4.69) is 25.5 Å². The lowest BCUT2D eigenvalue weighted by atomic mass is 10.2. The van der Waals surface area contributed by atoms with Gasteiger partial charge in [-0.05, 0) is 42.3 Å². The number of anilines is 3. The molecule has 0 aliphatic carbocycles. The van der Waals surface area contributed by atoms with Crippen molar-refractivity contribution in [2.75, 3.05) is 23.8 Å². The summed E-state index contributed by atoms with van der Waals surface area (Å²) in [5.74, 6) is 1.19. The Labute approximate surface area is 145 Å². The molecule has 0 amide bonds. The van der Waals surface area contributed by atoms with Crippen molar-refractivity contribution in [2.45, 2.75) is 6.42 Å². The molecule has 0 spiro atoms. The van der Waals surface area contributed by atoms with Crippen LogP contribution in [-0.2, 0) is 6.42 Å². The van der Waals surface area contributed by atoms with Crippen LogP contribution in [0.15, 0.2) is 55.0 Å². The molecule has 0 fully saturated rings. The molecule has 0 saturated carbocycles. The molecule has 122 valence electrons. The lowest BCUT2D eigenvalue weighted by molar-refractivity contribution is 0.840. The third kappa shape index (κ3) is 4.39. The molecule has 0 unspecified atom stereocenters. The summed E-state index contributed by atoms with van der Waals surface area (Å²) in [6.45, 7) is 0.819. The van der Waals surface area contributed by atoms with E-state index in [0.717, 1.165) is 24.5 Å². The molecule has 2 heterocycles. The highest BCUT2D eigenvalue weighted by atomic mass is 35.5. The van der Waals surface area contributed by atoms with E-state index in [1.165, 1.54) is 5.56 Å².